The number of piperidine rings is 1. The molecule has 1 amide bonds. The summed E-state index contributed by atoms with van der Waals surface area (Å²) in [5, 5.41) is 2.96. The molecular formula is C25H39FN2O. The molecule has 5 atom stereocenters. The zero-order valence-corrected chi connectivity index (χ0v) is 18.5. The van der Waals surface area contributed by atoms with Crippen molar-refractivity contribution in [1.29, 1.82) is 0 Å². The van der Waals surface area contributed by atoms with Crippen LogP contribution in [0.4, 0.5) is 4.39 Å². The molecule has 3 nitrogen and oxygen atoms in total. The maximum absolute atomic E-state index is 12.1. The molecule has 5 unspecified atom stereocenters. The van der Waals surface area contributed by atoms with Crippen LogP contribution >= 0.6 is 0 Å². The molecule has 3 fully saturated rings. The Labute approximate surface area is 176 Å². The van der Waals surface area contributed by atoms with Crippen molar-refractivity contribution in [3.8, 4) is 0 Å². The van der Waals surface area contributed by atoms with Gasteiger partial charge in [-0.25, -0.2) is 4.39 Å². The molecule has 1 aliphatic heterocycles. The smallest absolute Gasteiger partial charge is 0.223 e. The van der Waals surface area contributed by atoms with Crippen molar-refractivity contribution in [1.82, 2.24) is 5.32 Å². The van der Waals surface area contributed by atoms with E-state index in [9.17, 15) is 9.18 Å². The predicted octanol–water partition coefficient (Wildman–Crippen LogP) is 5.13. The van der Waals surface area contributed by atoms with Gasteiger partial charge in [-0.2, -0.15) is 0 Å². The number of nitrogens with one attached hydrogen (secondary N) is 1. The molecule has 3 N–H and O–H groups in total. The Hall–Kier alpha value is -1.42. The number of rotatable bonds is 3. The van der Waals surface area contributed by atoms with Crippen molar-refractivity contribution in [2.24, 2.45) is 22.5 Å². The summed E-state index contributed by atoms with van der Waals surface area (Å²) in [6.07, 6.45) is 7.90. The molecule has 162 valence electrons. The van der Waals surface area contributed by atoms with Crippen LogP contribution in [0.2, 0.25) is 0 Å². The van der Waals surface area contributed by atoms with Crippen LogP contribution in [0.1, 0.15) is 77.7 Å². The van der Waals surface area contributed by atoms with Crippen LogP contribution in [-0.4, -0.2) is 25.2 Å². The van der Waals surface area contributed by atoms with Crippen molar-refractivity contribution in [2.45, 2.75) is 83.7 Å². The van der Waals surface area contributed by atoms with E-state index in [0.29, 0.717) is 17.9 Å². The fourth-order valence-corrected chi connectivity index (χ4v) is 6.40. The summed E-state index contributed by atoms with van der Waals surface area (Å²) in [5.41, 5.74) is 7.37. The van der Waals surface area contributed by atoms with Crippen molar-refractivity contribution >= 4 is 5.91 Å². The van der Waals surface area contributed by atoms with Gasteiger partial charge in [0.15, 0.2) is 0 Å². The number of fused-ring (bicyclic) bond motifs is 2. The average molecular weight is 403 g/mol. The maximum Gasteiger partial charge on any atom is 0.223 e. The highest BCUT2D eigenvalue weighted by molar-refractivity contribution is 5.80. The Morgan fingerprint density at radius 2 is 1.90 bits per heavy atom. The van der Waals surface area contributed by atoms with Crippen molar-refractivity contribution in [2.75, 3.05) is 13.1 Å². The number of carbonyl (C=O) groups excluding carboxylic acids is 1. The number of amides is 1. The minimum atomic E-state index is -0.575. The number of primary amides is 1. The predicted molar refractivity (Wildman–Crippen MR) is 117 cm³/mol. The number of hydrogen-bond donors (Lipinski definition) is 2. The van der Waals surface area contributed by atoms with Gasteiger partial charge < -0.3 is 11.1 Å². The SMILES string of the molecule is CCC1(C)CC2CC(C)(C(N)=O)CC(c3ccccc3)(C2)C1.FC1CCCNC1. The minimum absolute atomic E-state index is 0.113. The normalized spacial score (nSPS) is 39.2. The van der Waals surface area contributed by atoms with E-state index in [1.807, 2.05) is 0 Å². The van der Waals surface area contributed by atoms with Gasteiger partial charge in [-0.3, -0.25) is 4.79 Å². The third kappa shape index (κ3) is 5.02. The first-order chi connectivity index (χ1) is 13.7. The second kappa shape index (κ2) is 8.75. The van der Waals surface area contributed by atoms with E-state index < -0.39 is 6.17 Å². The fourth-order valence-electron chi connectivity index (χ4n) is 6.40. The molecule has 1 saturated heterocycles. The van der Waals surface area contributed by atoms with E-state index in [0.717, 1.165) is 32.2 Å². The zero-order chi connectivity index (χ0) is 21.1. The Balaban J connectivity index is 0.000000290. The van der Waals surface area contributed by atoms with Crippen molar-refractivity contribution < 1.29 is 9.18 Å². The molecule has 0 spiro atoms. The van der Waals surface area contributed by atoms with Crippen LogP contribution in [0.3, 0.4) is 0 Å². The Morgan fingerprint density at radius 3 is 2.41 bits per heavy atom. The third-order valence-corrected chi connectivity index (χ3v) is 7.77. The first-order valence-corrected chi connectivity index (χ1v) is 11.4. The summed E-state index contributed by atoms with van der Waals surface area (Å²) in [6, 6.07) is 10.9. The largest absolute Gasteiger partial charge is 0.369 e. The van der Waals surface area contributed by atoms with Gasteiger partial charge in [0.05, 0.1) is 0 Å². The molecule has 4 rings (SSSR count). The second-order valence-electron chi connectivity index (χ2n) is 10.5. The van der Waals surface area contributed by atoms with Gasteiger partial charge >= 0.3 is 0 Å². The summed E-state index contributed by atoms with van der Waals surface area (Å²) in [5.74, 6) is 0.503. The lowest BCUT2D eigenvalue weighted by atomic mass is 9.47. The van der Waals surface area contributed by atoms with Crippen LogP contribution in [0.5, 0.6) is 0 Å². The number of alkyl halides is 1. The topological polar surface area (TPSA) is 55.1 Å². The Kier molecular flexibility index (Phi) is 6.72. The van der Waals surface area contributed by atoms with E-state index in [4.69, 9.17) is 5.73 Å². The van der Waals surface area contributed by atoms with Gasteiger partial charge in [0, 0.05) is 12.0 Å². The van der Waals surface area contributed by atoms with Crippen LogP contribution < -0.4 is 11.1 Å². The van der Waals surface area contributed by atoms with Crippen LogP contribution in [0, 0.1) is 16.7 Å². The van der Waals surface area contributed by atoms with Crippen LogP contribution in [0.25, 0.3) is 0 Å². The van der Waals surface area contributed by atoms with Gasteiger partial charge in [-0.1, -0.05) is 57.5 Å². The van der Waals surface area contributed by atoms with Crippen LogP contribution in [-0.2, 0) is 10.2 Å². The molecule has 1 aromatic carbocycles. The number of nitrogens with two attached hydrogens (primary N) is 1. The second-order valence-corrected chi connectivity index (χ2v) is 10.5. The Bertz CT molecular complexity index is 689. The van der Waals surface area contributed by atoms with Gasteiger partial charge in [-0.05, 0) is 73.8 Å². The standard InChI is InChI=1S/C20H29NO.C5H10FN/c1-4-18(2)10-15-11-19(3,17(21)22)14-20(12-15,13-18)16-8-6-5-7-9-16;6-5-2-1-3-7-4-5/h5-9,15H,4,10-14H2,1-3H3,(H2,21,22);5,7H,1-4H2. The summed E-state index contributed by atoms with van der Waals surface area (Å²) in [6.45, 7) is 8.41. The molecule has 0 radical (unpaired) electrons. The lowest BCUT2D eigenvalue weighted by molar-refractivity contribution is -0.134. The fraction of sp³-hybridized carbons (Fsp3) is 0.720. The first-order valence-electron chi connectivity index (χ1n) is 11.4. The molecule has 0 aromatic heterocycles. The summed E-state index contributed by atoms with van der Waals surface area (Å²) < 4.78 is 12.1. The maximum atomic E-state index is 12.1. The van der Waals surface area contributed by atoms with Gasteiger partial charge in [0.25, 0.3) is 0 Å². The zero-order valence-electron chi connectivity index (χ0n) is 18.5. The number of benzene rings is 1. The quantitative estimate of drug-likeness (QED) is 0.736. The van der Waals surface area contributed by atoms with E-state index >= 15 is 0 Å². The van der Waals surface area contributed by atoms with Gasteiger partial charge in [0.1, 0.15) is 6.17 Å². The van der Waals surface area contributed by atoms with Gasteiger partial charge in [0.2, 0.25) is 5.91 Å². The van der Waals surface area contributed by atoms with E-state index in [2.05, 4.69) is 56.4 Å². The van der Waals surface area contributed by atoms with Gasteiger partial charge in [-0.15, -0.1) is 0 Å². The molecule has 2 aliphatic carbocycles. The number of hydrogen-bond acceptors (Lipinski definition) is 2. The first kappa shape index (κ1) is 22.3. The number of carbonyl (C=O) groups is 1. The summed E-state index contributed by atoms with van der Waals surface area (Å²) >= 11 is 0. The molecule has 2 saturated carbocycles. The Morgan fingerprint density at radius 1 is 1.17 bits per heavy atom. The van der Waals surface area contributed by atoms with Crippen LogP contribution in [0.15, 0.2) is 30.3 Å². The highest BCUT2D eigenvalue weighted by atomic mass is 19.1. The van der Waals surface area contributed by atoms with E-state index in [1.165, 1.54) is 31.2 Å². The van der Waals surface area contributed by atoms with Crippen molar-refractivity contribution in [3.05, 3.63) is 35.9 Å². The molecule has 1 heterocycles. The lowest BCUT2D eigenvalue weighted by Crippen LogP contribution is -2.53. The average Bonchev–Trinajstić information content (AvgIpc) is 2.69. The van der Waals surface area contributed by atoms with E-state index in [-0.39, 0.29) is 16.7 Å². The number of halogens is 1. The molecule has 2 bridgehead atoms. The lowest BCUT2D eigenvalue weighted by Gasteiger charge is -2.57. The van der Waals surface area contributed by atoms with E-state index in [1.54, 1.807) is 0 Å². The highest BCUT2D eigenvalue weighted by Crippen LogP contribution is 2.61. The summed E-state index contributed by atoms with van der Waals surface area (Å²) in [7, 11) is 0. The van der Waals surface area contributed by atoms with Crippen molar-refractivity contribution in [3.63, 3.8) is 0 Å². The molecule has 29 heavy (non-hydrogen) atoms. The molecular weight excluding hydrogens is 363 g/mol. The monoisotopic (exact) mass is 402 g/mol. The molecule has 3 aliphatic rings. The summed E-state index contributed by atoms with van der Waals surface area (Å²) in [4.78, 5) is 12.1. The highest BCUT2D eigenvalue weighted by Gasteiger charge is 2.55. The molecule has 4 heteroatoms. The molecule has 1 aromatic rings. The third-order valence-electron chi connectivity index (χ3n) is 7.77. The minimum Gasteiger partial charge on any atom is -0.369 e.